The Bertz CT molecular complexity index is 109. The number of nitrogens with two attached hydrogens (primary N) is 1. The number of nitrogens with zero attached hydrogens (tertiary/aromatic N) is 1. The van der Waals surface area contributed by atoms with Crippen LogP contribution < -0.4 is 5.73 Å². The smallest absolute Gasteiger partial charge is 0.0785 e. The van der Waals surface area contributed by atoms with Crippen molar-refractivity contribution in [3.8, 4) is 0 Å². The molecule has 2 unspecified atom stereocenters. The Balaban J connectivity index is 0.000000561. The molecule has 74 valence electrons. The lowest BCUT2D eigenvalue weighted by Gasteiger charge is -2.34. The van der Waals surface area contributed by atoms with Crippen molar-refractivity contribution in [2.75, 3.05) is 33.9 Å². The largest absolute Gasteiger partial charge is 0.330 e. The summed E-state index contributed by atoms with van der Waals surface area (Å²) in [6, 6.07) is 0. The highest BCUT2D eigenvalue weighted by atomic mass is 19.1. The molecular formula is C9H21FN2. The second-order valence-electron chi connectivity index (χ2n) is 3.52. The number of alkyl halides is 1. The highest BCUT2D eigenvalue weighted by Gasteiger charge is 2.22. The molecule has 2 N–H and O–H groups in total. The molecule has 1 aliphatic heterocycles. The molecule has 3 heteroatoms. The molecule has 0 amide bonds. The lowest BCUT2D eigenvalue weighted by Crippen LogP contribution is -2.40. The summed E-state index contributed by atoms with van der Waals surface area (Å²) < 4.78 is 9.50. The van der Waals surface area contributed by atoms with Gasteiger partial charge in [-0.25, -0.2) is 0 Å². The topological polar surface area (TPSA) is 29.3 Å². The maximum Gasteiger partial charge on any atom is 0.0785 e. The van der Waals surface area contributed by atoms with Crippen LogP contribution in [-0.2, 0) is 0 Å². The van der Waals surface area contributed by atoms with Crippen LogP contribution >= 0.6 is 0 Å². The standard InChI is InChI=1S/C8H18N2.CH3F/c1-7-3-4-10(2)6-8(7)5-9;1-2/h7-8H,3-6,9H2,1-2H3;1H3. The lowest BCUT2D eigenvalue weighted by atomic mass is 9.87. The van der Waals surface area contributed by atoms with E-state index in [9.17, 15) is 4.39 Å². The van der Waals surface area contributed by atoms with Gasteiger partial charge in [-0.15, -0.1) is 0 Å². The lowest BCUT2D eigenvalue weighted by molar-refractivity contribution is 0.159. The van der Waals surface area contributed by atoms with Crippen LogP contribution in [0.4, 0.5) is 4.39 Å². The molecule has 2 atom stereocenters. The minimum atomic E-state index is 0.500. The van der Waals surface area contributed by atoms with Crippen molar-refractivity contribution in [2.24, 2.45) is 17.6 Å². The van der Waals surface area contributed by atoms with E-state index in [2.05, 4.69) is 18.9 Å². The maximum absolute atomic E-state index is 9.50. The van der Waals surface area contributed by atoms with Crippen molar-refractivity contribution in [1.82, 2.24) is 4.90 Å². The van der Waals surface area contributed by atoms with Crippen LogP contribution in [0, 0.1) is 11.8 Å². The number of hydrogen-bond donors (Lipinski definition) is 1. The third kappa shape index (κ3) is 3.50. The summed E-state index contributed by atoms with van der Waals surface area (Å²) >= 11 is 0. The summed E-state index contributed by atoms with van der Waals surface area (Å²) in [4.78, 5) is 2.37. The first-order chi connectivity index (χ1) is 5.74. The number of hydrogen-bond acceptors (Lipinski definition) is 2. The monoisotopic (exact) mass is 176 g/mol. The Morgan fingerprint density at radius 1 is 1.50 bits per heavy atom. The highest BCUT2D eigenvalue weighted by molar-refractivity contribution is 4.76. The van der Waals surface area contributed by atoms with Gasteiger partial charge in [0.2, 0.25) is 0 Å². The molecule has 0 saturated carbocycles. The van der Waals surface area contributed by atoms with Crippen molar-refractivity contribution >= 4 is 0 Å². The zero-order valence-corrected chi connectivity index (χ0v) is 8.39. The molecule has 1 heterocycles. The molecule has 2 nitrogen and oxygen atoms in total. The van der Waals surface area contributed by atoms with E-state index in [1.165, 1.54) is 19.5 Å². The fourth-order valence-electron chi connectivity index (χ4n) is 1.64. The van der Waals surface area contributed by atoms with Gasteiger partial charge >= 0.3 is 0 Å². The molecule has 0 spiro atoms. The van der Waals surface area contributed by atoms with Gasteiger partial charge in [0, 0.05) is 6.54 Å². The summed E-state index contributed by atoms with van der Waals surface area (Å²) in [7, 11) is 2.68. The molecule has 0 aliphatic carbocycles. The first-order valence-corrected chi connectivity index (χ1v) is 4.50. The Morgan fingerprint density at radius 2 is 2.08 bits per heavy atom. The average Bonchev–Trinajstić information content (AvgIpc) is 2.13. The van der Waals surface area contributed by atoms with Gasteiger partial charge in [0.1, 0.15) is 0 Å². The fourth-order valence-corrected chi connectivity index (χ4v) is 1.64. The van der Waals surface area contributed by atoms with E-state index in [0.717, 1.165) is 18.4 Å². The summed E-state index contributed by atoms with van der Waals surface area (Å²) in [5.41, 5.74) is 5.63. The Labute approximate surface area is 74.9 Å². The van der Waals surface area contributed by atoms with E-state index in [4.69, 9.17) is 5.73 Å². The summed E-state index contributed by atoms with van der Waals surface area (Å²) in [5.74, 6) is 1.57. The predicted octanol–water partition coefficient (Wildman–Crippen LogP) is 1.12. The minimum Gasteiger partial charge on any atom is -0.330 e. The number of likely N-dealkylation sites (tertiary alicyclic amines) is 1. The average molecular weight is 176 g/mol. The first-order valence-electron chi connectivity index (χ1n) is 4.50. The molecule has 1 rings (SSSR count). The van der Waals surface area contributed by atoms with Gasteiger partial charge in [-0.3, -0.25) is 4.39 Å². The van der Waals surface area contributed by atoms with Crippen molar-refractivity contribution in [3.63, 3.8) is 0 Å². The van der Waals surface area contributed by atoms with Gasteiger partial charge < -0.3 is 10.6 Å². The zero-order chi connectivity index (χ0) is 9.56. The first kappa shape index (κ1) is 11.8. The number of halogens is 1. The number of piperidine rings is 1. The summed E-state index contributed by atoms with van der Waals surface area (Å²) in [6.45, 7) is 5.60. The van der Waals surface area contributed by atoms with Crippen molar-refractivity contribution in [1.29, 1.82) is 0 Å². The molecule has 12 heavy (non-hydrogen) atoms. The van der Waals surface area contributed by atoms with Crippen molar-refractivity contribution < 1.29 is 4.39 Å². The highest BCUT2D eigenvalue weighted by Crippen LogP contribution is 2.20. The van der Waals surface area contributed by atoms with Gasteiger partial charge in [0.05, 0.1) is 7.18 Å². The van der Waals surface area contributed by atoms with Crippen molar-refractivity contribution in [3.05, 3.63) is 0 Å². The van der Waals surface area contributed by atoms with E-state index in [1.807, 2.05) is 0 Å². The minimum absolute atomic E-state index is 0.500. The van der Waals surface area contributed by atoms with Crippen LogP contribution in [0.25, 0.3) is 0 Å². The summed E-state index contributed by atoms with van der Waals surface area (Å²) in [6.07, 6.45) is 1.32. The zero-order valence-electron chi connectivity index (χ0n) is 8.39. The van der Waals surface area contributed by atoms with Crippen LogP contribution in [0.1, 0.15) is 13.3 Å². The van der Waals surface area contributed by atoms with Gasteiger partial charge in [-0.2, -0.15) is 0 Å². The molecular weight excluding hydrogens is 155 g/mol. The van der Waals surface area contributed by atoms with Crippen LogP contribution in [0.15, 0.2) is 0 Å². The van der Waals surface area contributed by atoms with Crippen LogP contribution in [0.3, 0.4) is 0 Å². The quantitative estimate of drug-likeness (QED) is 0.648. The Kier molecular flexibility index (Phi) is 6.30. The molecule has 1 fully saturated rings. The van der Waals surface area contributed by atoms with E-state index in [1.54, 1.807) is 0 Å². The number of rotatable bonds is 1. The second kappa shape index (κ2) is 6.38. The fraction of sp³-hybridized carbons (Fsp3) is 1.00. The molecule has 1 aliphatic rings. The predicted molar refractivity (Wildman–Crippen MR) is 50.9 cm³/mol. The Morgan fingerprint density at radius 3 is 2.50 bits per heavy atom. The maximum atomic E-state index is 9.50. The summed E-state index contributed by atoms with van der Waals surface area (Å²) in [5, 5.41) is 0. The second-order valence-corrected chi connectivity index (χ2v) is 3.52. The van der Waals surface area contributed by atoms with E-state index in [0.29, 0.717) is 7.18 Å². The van der Waals surface area contributed by atoms with E-state index >= 15 is 0 Å². The molecule has 0 bridgehead atoms. The molecule has 0 aromatic heterocycles. The van der Waals surface area contributed by atoms with Crippen molar-refractivity contribution in [2.45, 2.75) is 13.3 Å². The molecule has 0 aromatic carbocycles. The molecule has 0 radical (unpaired) electrons. The Hall–Kier alpha value is -0.150. The molecule has 0 aromatic rings. The third-order valence-corrected chi connectivity index (χ3v) is 2.62. The van der Waals surface area contributed by atoms with Crippen LogP contribution in [0.5, 0.6) is 0 Å². The van der Waals surface area contributed by atoms with Gasteiger partial charge in [0.15, 0.2) is 0 Å². The van der Waals surface area contributed by atoms with E-state index in [-0.39, 0.29) is 0 Å². The van der Waals surface area contributed by atoms with Gasteiger partial charge in [0.25, 0.3) is 0 Å². The normalized spacial score (nSPS) is 30.8. The molecule has 1 saturated heterocycles. The van der Waals surface area contributed by atoms with Crippen LogP contribution in [-0.4, -0.2) is 38.8 Å². The van der Waals surface area contributed by atoms with Crippen LogP contribution in [0.2, 0.25) is 0 Å². The SMILES string of the molecule is CC1CCN(C)CC1CN.CF. The van der Waals surface area contributed by atoms with E-state index < -0.39 is 0 Å². The van der Waals surface area contributed by atoms with Gasteiger partial charge in [-0.05, 0) is 38.4 Å². The third-order valence-electron chi connectivity index (χ3n) is 2.62. The van der Waals surface area contributed by atoms with Gasteiger partial charge in [-0.1, -0.05) is 6.92 Å².